The van der Waals surface area contributed by atoms with Crippen LogP contribution in [-0.4, -0.2) is 19.1 Å². The van der Waals surface area contributed by atoms with Crippen molar-refractivity contribution < 1.29 is 0 Å². The predicted octanol–water partition coefficient (Wildman–Crippen LogP) is 1.21. The summed E-state index contributed by atoms with van der Waals surface area (Å²) < 4.78 is -1.02. The summed E-state index contributed by atoms with van der Waals surface area (Å²) >= 11 is 16.4. The van der Waals surface area contributed by atoms with Gasteiger partial charge in [0.15, 0.2) is 0 Å². The molecule has 0 bridgehead atoms. The molecule has 0 rings (SSSR count). The molecule has 0 nitrogen and oxygen atoms in total. The van der Waals surface area contributed by atoms with Gasteiger partial charge in [-0.3, -0.25) is 0 Å². The van der Waals surface area contributed by atoms with E-state index >= 15 is 0 Å². The number of alkyl halides is 3. The third-order valence-electron chi connectivity index (χ3n) is 0. The Morgan fingerprint density at radius 2 is 1.20 bits per heavy atom. The van der Waals surface area contributed by atoms with Gasteiger partial charge in [0.1, 0.15) is 0 Å². The van der Waals surface area contributed by atoms with Crippen molar-refractivity contribution >= 4 is 51.3 Å². The van der Waals surface area contributed by atoms with Gasteiger partial charge in [0.2, 0.25) is 0 Å². The molecule has 0 spiro atoms. The Kier molecular flexibility index (Phi) is 2.46. The third kappa shape index (κ3) is 31.6. The number of hydrogen-bond donors (Lipinski definition) is 0. The minimum absolute atomic E-state index is 1.02. The topological polar surface area (TPSA) is 0 Å². The molecule has 0 heterocycles. The van der Waals surface area contributed by atoms with Crippen molar-refractivity contribution in [2.24, 2.45) is 0 Å². The van der Waals surface area contributed by atoms with Crippen molar-refractivity contribution in [1.29, 1.82) is 0 Å². The van der Waals surface area contributed by atoms with E-state index in [9.17, 15) is 0 Å². The van der Waals surface area contributed by atoms with Gasteiger partial charge in [0.25, 0.3) is 0 Å². The molecule has 0 unspecified atom stereocenters. The normalized spacial score (nSPS) is 12.0. The van der Waals surface area contributed by atoms with Gasteiger partial charge < -0.3 is 0 Å². The SMILES string of the molecule is Cl[C](Cl)(Cl)[GeH]. The molecule has 0 amide bonds. The van der Waals surface area contributed by atoms with E-state index in [1.807, 2.05) is 0 Å². The van der Waals surface area contributed by atoms with E-state index in [4.69, 9.17) is 34.8 Å². The van der Waals surface area contributed by atoms with Crippen LogP contribution in [0, 0.1) is 0 Å². The molecule has 0 aliphatic carbocycles. The zero-order chi connectivity index (χ0) is 4.50. The summed E-state index contributed by atoms with van der Waals surface area (Å²) in [6.45, 7) is 0. The molecular formula is CHCl3Ge. The summed E-state index contributed by atoms with van der Waals surface area (Å²) in [5.41, 5.74) is 0. The first-order valence-electron chi connectivity index (χ1n) is 0.856. The van der Waals surface area contributed by atoms with Crippen LogP contribution in [0.5, 0.6) is 0 Å². The van der Waals surface area contributed by atoms with E-state index in [0.29, 0.717) is 0 Å². The Bertz CT molecular complexity index is 22.4. The van der Waals surface area contributed by atoms with Crippen LogP contribution in [0.15, 0.2) is 0 Å². The number of rotatable bonds is 0. The Morgan fingerprint density at radius 1 is 1.20 bits per heavy atom. The first-order chi connectivity index (χ1) is 2.00. The van der Waals surface area contributed by atoms with Crippen LogP contribution in [-0.2, 0) is 0 Å². The molecule has 2 radical (unpaired) electrons. The zero-order valence-electron chi connectivity index (χ0n) is 2.21. The number of hydrogen-bond acceptors (Lipinski definition) is 0. The van der Waals surface area contributed by atoms with Crippen LogP contribution in [0.25, 0.3) is 0 Å². The average molecular weight is 192 g/mol. The molecule has 0 aromatic heterocycles. The molecule has 0 saturated heterocycles. The molecular weight excluding hydrogens is 191 g/mol. The fourth-order valence-corrected chi connectivity index (χ4v) is 0. The monoisotopic (exact) mass is 192 g/mol. The molecule has 4 heteroatoms. The summed E-state index contributed by atoms with van der Waals surface area (Å²) in [7, 11) is 0. The Balaban J connectivity index is 3.02. The van der Waals surface area contributed by atoms with Gasteiger partial charge >= 0.3 is 53.9 Å². The van der Waals surface area contributed by atoms with E-state index in [-0.39, 0.29) is 0 Å². The Hall–Kier alpha value is 1.41. The first kappa shape index (κ1) is 6.41. The fourth-order valence-electron chi connectivity index (χ4n) is 0. The van der Waals surface area contributed by atoms with Crippen LogP contribution in [0.4, 0.5) is 0 Å². The number of halogens is 3. The summed E-state index contributed by atoms with van der Waals surface area (Å²) in [5.74, 6) is 0. The van der Waals surface area contributed by atoms with E-state index < -0.39 is 2.63 Å². The zero-order valence-corrected chi connectivity index (χ0v) is 6.90. The third-order valence-corrected chi connectivity index (χ3v) is 0. The van der Waals surface area contributed by atoms with Crippen LogP contribution in [0.3, 0.4) is 0 Å². The van der Waals surface area contributed by atoms with Crippen molar-refractivity contribution in [3.63, 3.8) is 0 Å². The van der Waals surface area contributed by atoms with E-state index in [1.54, 1.807) is 0 Å². The molecule has 30 valence electrons. The van der Waals surface area contributed by atoms with Gasteiger partial charge in [-0.2, -0.15) is 0 Å². The molecule has 5 heavy (non-hydrogen) atoms. The molecule has 0 atom stereocenters. The fraction of sp³-hybridized carbons (Fsp3) is 1.00. The van der Waals surface area contributed by atoms with Crippen LogP contribution >= 0.6 is 34.8 Å². The van der Waals surface area contributed by atoms with Crippen molar-refractivity contribution in [2.45, 2.75) is 2.63 Å². The molecule has 0 N–H and O–H groups in total. The van der Waals surface area contributed by atoms with Gasteiger partial charge in [-0.05, 0) is 0 Å². The molecule has 0 fully saturated rings. The summed E-state index contributed by atoms with van der Waals surface area (Å²) in [6.07, 6.45) is 0. The molecule has 0 aliphatic rings. The summed E-state index contributed by atoms with van der Waals surface area (Å²) in [5, 5.41) is 0. The standard InChI is InChI=1S/CHCl3Ge/c2-1(3,4)5/h5H. The van der Waals surface area contributed by atoms with Crippen molar-refractivity contribution in [3.8, 4) is 0 Å². The average Bonchev–Trinajstić information content (AvgIpc) is 0.722. The van der Waals surface area contributed by atoms with Gasteiger partial charge in [-0.1, -0.05) is 0 Å². The van der Waals surface area contributed by atoms with Crippen molar-refractivity contribution in [2.75, 3.05) is 0 Å². The van der Waals surface area contributed by atoms with Crippen LogP contribution < -0.4 is 0 Å². The van der Waals surface area contributed by atoms with E-state index in [2.05, 4.69) is 0 Å². The van der Waals surface area contributed by atoms with E-state index in [0.717, 1.165) is 16.5 Å². The molecule has 0 aromatic carbocycles. The van der Waals surface area contributed by atoms with E-state index in [1.165, 1.54) is 0 Å². The van der Waals surface area contributed by atoms with Crippen LogP contribution in [0.1, 0.15) is 0 Å². The van der Waals surface area contributed by atoms with Gasteiger partial charge in [0, 0.05) is 0 Å². The Morgan fingerprint density at radius 3 is 1.20 bits per heavy atom. The second kappa shape index (κ2) is 1.92. The first-order valence-corrected chi connectivity index (χ1v) is 3.20. The minimum atomic E-state index is -1.02. The quantitative estimate of drug-likeness (QED) is 0.399. The van der Waals surface area contributed by atoms with Crippen molar-refractivity contribution in [3.05, 3.63) is 0 Å². The summed E-state index contributed by atoms with van der Waals surface area (Å²) in [6, 6.07) is 0. The van der Waals surface area contributed by atoms with Gasteiger partial charge in [-0.15, -0.1) is 0 Å². The second-order valence-corrected chi connectivity index (χ2v) is 7.03. The van der Waals surface area contributed by atoms with Gasteiger partial charge in [0.05, 0.1) is 0 Å². The maximum absolute atomic E-state index is 5.09. The van der Waals surface area contributed by atoms with Gasteiger partial charge in [-0.25, -0.2) is 0 Å². The second-order valence-electron chi connectivity index (χ2n) is 0.542. The van der Waals surface area contributed by atoms with Crippen molar-refractivity contribution in [1.82, 2.24) is 0 Å². The predicted molar refractivity (Wildman–Crippen MR) is 27.4 cm³/mol. The van der Waals surface area contributed by atoms with Crippen LogP contribution in [0.2, 0.25) is 0 Å². The molecule has 0 saturated carbocycles. The molecule has 0 aromatic rings. The maximum atomic E-state index is 5.09. The Labute approximate surface area is 54.0 Å². The molecule has 0 aliphatic heterocycles. The summed E-state index contributed by atoms with van der Waals surface area (Å²) in [4.78, 5) is 0.